The molecule has 0 heteroatoms. The first-order chi connectivity index (χ1) is 23.9. The van der Waals surface area contributed by atoms with Gasteiger partial charge >= 0.3 is 0 Å². The Bertz CT molecular complexity index is 1760. The molecule has 0 aliphatic heterocycles. The molecule has 6 aromatic rings. The fraction of sp³-hybridized carbons (Fsp3) is 0.265. The predicted octanol–water partition coefficient (Wildman–Crippen LogP) is 13.2. The number of aryl methyl sites for hydroxylation is 6. The van der Waals surface area contributed by atoms with Gasteiger partial charge in [-0.1, -0.05) is 171 Å². The molecule has 0 N–H and O–H groups in total. The predicted molar refractivity (Wildman–Crippen MR) is 214 cm³/mol. The van der Waals surface area contributed by atoms with Gasteiger partial charge in [-0.2, -0.15) is 0 Å². The summed E-state index contributed by atoms with van der Waals surface area (Å²) in [6.45, 7) is 16.4. The Morgan fingerprint density at radius 3 is 0.673 bits per heavy atom. The van der Waals surface area contributed by atoms with Crippen LogP contribution in [0.2, 0.25) is 0 Å². The highest BCUT2D eigenvalue weighted by molar-refractivity contribution is 5.86. The topological polar surface area (TPSA) is 0 Å². The first kappa shape index (κ1) is 35.6. The van der Waals surface area contributed by atoms with Crippen LogP contribution in [0.15, 0.2) is 121 Å². The van der Waals surface area contributed by atoms with Crippen molar-refractivity contribution in [3.63, 3.8) is 0 Å². The zero-order chi connectivity index (χ0) is 34.9. The van der Waals surface area contributed by atoms with Crippen molar-refractivity contribution in [3.8, 4) is 22.3 Å². The number of hydrogen-bond acceptors (Lipinski definition) is 0. The van der Waals surface area contributed by atoms with E-state index >= 15 is 0 Å². The first-order valence-electron chi connectivity index (χ1n) is 18.4. The number of benzene rings is 6. The van der Waals surface area contributed by atoms with E-state index in [1.807, 2.05) is 27.7 Å². The molecule has 0 nitrogen and oxygen atoms in total. The molecule has 49 heavy (non-hydrogen) atoms. The maximum Gasteiger partial charge on any atom is -0.00132 e. The van der Waals surface area contributed by atoms with Crippen molar-refractivity contribution in [1.29, 1.82) is 0 Å². The van der Waals surface area contributed by atoms with Gasteiger partial charge in [-0.05, 0) is 127 Å². The molecule has 4 aliphatic rings. The lowest BCUT2D eigenvalue weighted by atomic mass is 9.86. The van der Waals surface area contributed by atoms with E-state index in [1.165, 1.54) is 68.5 Å². The Morgan fingerprint density at radius 1 is 0.265 bits per heavy atom. The van der Waals surface area contributed by atoms with Gasteiger partial charge in [0.2, 0.25) is 0 Å². The van der Waals surface area contributed by atoms with E-state index in [2.05, 4.69) is 149 Å². The van der Waals surface area contributed by atoms with Crippen molar-refractivity contribution in [1.82, 2.24) is 0 Å². The second kappa shape index (κ2) is 16.6. The van der Waals surface area contributed by atoms with E-state index < -0.39 is 0 Å². The summed E-state index contributed by atoms with van der Waals surface area (Å²) < 4.78 is 0. The summed E-state index contributed by atoms with van der Waals surface area (Å²) in [5, 5.41) is 0. The molecule has 0 atom stereocenters. The van der Waals surface area contributed by atoms with E-state index in [4.69, 9.17) is 0 Å². The molecule has 0 heterocycles. The smallest absolute Gasteiger partial charge is 0.00132 e. The van der Waals surface area contributed by atoms with Crippen LogP contribution in [0.3, 0.4) is 0 Å². The normalized spacial score (nSPS) is 12.1. The Balaban J connectivity index is 0.000000128. The highest BCUT2D eigenvalue weighted by atomic mass is 14.3. The third kappa shape index (κ3) is 7.97. The van der Waals surface area contributed by atoms with E-state index in [9.17, 15) is 0 Å². The molecular formula is C49H54. The van der Waals surface area contributed by atoms with E-state index in [0.717, 1.165) is 19.3 Å². The summed E-state index contributed by atoms with van der Waals surface area (Å²) >= 11 is 0. The first-order valence-corrected chi connectivity index (χ1v) is 18.4. The zero-order valence-electron chi connectivity index (χ0n) is 31.1. The fourth-order valence-corrected chi connectivity index (χ4v) is 7.36. The molecule has 250 valence electrons. The Hall–Kier alpha value is -4.68. The van der Waals surface area contributed by atoms with Crippen LogP contribution in [-0.2, 0) is 32.1 Å². The van der Waals surface area contributed by atoms with Gasteiger partial charge in [0.15, 0.2) is 0 Å². The monoisotopic (exact) mass is 642 g/mol. The van der Waals surface area contributed by atoms with Crippen LogP contribution in [0.5, 0.6) is 0 Å². The summed E-state index contributed by atoms with van der Waals surface area (Å²) in [5.41, 5.74) is 23.9. The van der Waals surface area contributed by atoms with Crippen LogP contribution < -0.4 is 0 Å². The van der Waals surface area contributed by atoms with Gasteiger partial charge in [0.1, 0.15) is 0 Å². The third-order valence-corrected chi connectivity index (χ3v) is 9.69. The van der Waals surface area contributed by atoms with Crippen molar-refractivity contribution < 1.29 is 0 Å². The lowest BCUT2D eigenvalue weighted by molar-refractivity contribution is 0.943. The molecule has 0 fully saturated rings. The number of hydrogen-bond donors (Lipinski definition) is 0. The number of rotatable bonds is 0. The van der Waals surface area contributed by atoms with Crippen molar-refractivity contribution in [2.24, 2.45) is 0 Å². The van der Waals surface area contributed by atoms with Crippen LogP contribution in [0.1, 0.15) is 94.5 Å². The van der Waals surface area contributed by atoms with Gasteiger partial charge in [-0.3, -0.25) is 0 Å². The Morgan fingerprint density at radius 2 is 0.449 bits per heavy atom. The lowest BCUT2D eigenvalue weighted by Gasteiger charge is -2.18. The van der Waals surface area contributed by atoms with Gasteiger partial charge in [-0.15, -0.1) is 0 Å². The van der Waals surface area contributed by atoms with E-state index in [-0.39, 0.29) is 0 Å². The quantitative estimate of drug-likeness (QED) is 0.154. The van der Waals surface area contributed by atoms with Crippen LogP contribution in [-0.4, -0.2) is 0 Å². The molecule has 0 saturated heterocycles. The molecule has 0 saturated carbocycles. The molecule has 6 aromatic carbocycles. The summed E-state index contributed by atoms with van der Waals surface area (Å²) in [4.78, 5) is 0. The summed E-state index contributed by atoms with van der Waals surface area (Å²) in [6.07, 6.45) is 5.88. The van der Waals surface area contributed by atoms with Crippen LogP contribution in [0.25, 0.3) is 22.3 Å². The van der Waals surface area contributed by atoms with Crippen LogP contribution >= 0.6 is 0 Å². The van der Waals surface area contributed by atoms with Gasteiger partial charge < -0.3 is 0 Å². The SMILES string of the molecule is CC.CC.Cc1ccc(C)cc1.Cc1ccc(C)cc1.c1cc2c3c(c1)Cc1cccc(c1-3)C2.c1cc2c3c(c1)Cc1cccc(c1-3)CC2. The molecule has 0 aromatic heterocycles. The highest BCUT2D eigenvalue weighted by Crippen LogP contribution is 2.47. The zero-order valence-corrected chi connectivity index (χ0v) is 31.1. The minimum atomic E-state index is 1.15. The molecular weight excluding hydrogens is 589 g/mol. The van der Waals surface area contributed by atoms with Crippen molar-refractivity contribution >= 4 is 0 Å². The highest BCUT2D eigenvalue weighted by Gasteiger charge is 2.28. The average molecular weight is 643 g/mol. The standard InChI is InChI=1S/C15H12.C14H10.2C8H10.2C2H6/c1-3-10-7-8-11-4-2-6-13-9-12(5-1)14(10)15(11)13;1-3-9-7-11-5-2-6-12-8-10(4-1)13(9)14(11)12;2*1-7-3-5-8(2)6-4-7;2*1-2/h1-6H,7-9H2;1-6H,7-8H2;2*3-6H,1-2H3;2*1-2H3. The van der Waals surface area contributed by atoms with Crippen LogP contribution in [0.4, 0.5) is 0 Å². The molecule has 0 radical (unpaired) electrons. The summed E-state index contributed by atoms with van der Waals surface area (Å²) in [7, 11) is 0. The summed E-state index contributed by atoms with van der Waals surface area (Å²) in [6, 6.07) is 44.0. The Kier molecular flexibility index (Phi) is 12.1. The van der Waals surface area contributed by atoms with Gasteiger partial charge in [-0.25, -0.2) is 0 Å². The second-order valence-electron chi connectivity index (χ2n) is 13.1. The van der Waals surface area contributed by atoms with Gasteiger partial charge in [0.05, 0.1) is 0 Å². The fourth-order valence-electron chi connectivity index (χ4n) is 7.36. The maximum absolute atomic E-state index is 2.30. The minimum absolute atomic E-state index is 1.15. The van der Waals surface area contributed by atoms with Gasteiger partial charge in [0, 0.05) is 0 Å². The van der Waals surface area contributed by atoms with Crippen LogP contribution in [0, 0.1) is 27.7 Å². The third-order valence-electron chi connectivity index (χ3n) is 9.69. The van der Waals surface area contributed by atoms with Crippen molar-refractivity contribution in [3.05, 3.63) is 188 Å². The second-order valence-corrected chi connectivity index (χ2v) is 13.1. The van der Waals surface area contributed by atoms with Crippen molar-refractivity contribution in [2.75, 3.05) is 0 Å². The minimum Gasteiger partial charge on any atom is -0.0683 e. The molecule has 10 rings (SSSR count). The average Bonchev–Trinajstić information content (AvgIpc) is 3.85. The largest absolute Gasteiger partial charge is 0.0683 e. The van der Waals surface area contributed by atoms with E-state index in [1.54, 1.807) is 33.4 Å². The maximum atomic E-state index is 2.30. The molecule has 4 aliphatic carbocycles. The molecule has 0 unspecified atom stereocenters. The van der Waals surface area contributed by atoms with Crippen molar-refractivity contribution in [2.45, 2.75) is 87.5 Å². The van der Waals surface area contributed by atoms with E-state index in [0.29, 0.717) is 0 Å². The van der Waals surface area contributed by atoms with Gasteiger partial charge in [0.25, 0.3) is 0 Å². The Labute approximate surface area is 296 Å². The lowest BCUT2D eigenvalue weighted by Crippen LogP contribution is -2.02. The molecule has 0 spiro atoms. The summed E-state index contributed by atoms with van der Waals surface area (Å²) in [5.74, 6) is 0. The molecule has 0 amide bonds. The molecule has 0 bridgehead atoms.